The largest absolute Gasteiger partial charge is 0.483 e. The molecule has 0 radical (unpaired) electrons. The number of benzene rings is 2. The summed E-state index contributed by atoms with van der Waals surface area (Å²) >= 11 is 0. The van der Waals surface area contributed by atoms with Gasteiger partial charge in [-0.3, -0.25) is 9.59 Å². The van der Waals surface area contributed by atoms with Crippen molar-refractivity contribution in [3.63, 3.8) is 0 Å². The van der Waals surface area contributed by atoms with Crippen LogP contribution in [0.3, 0.4) is 0 Å². The van der Waals surface area contributed by atoms with Crippen molar-refractivity contribution in [1.82, 2.24) is 10.2 Å². The number of carbonyl (C=O) groups is 2. The summed E-state index contributed by atoms with van der Waals surface area (Å²) in [6.07, 6.45) is 1.92. The highest BCUT2D eigenvalue weighted by molar-refractivity contribution is 5.88. The van der Waals surface area contributed by atoms with Gasteiger partial charge in [0.25, 0.3) is 5.91 Å². The predicted molar refractivity (Wildman–Crippen MR) is 121 cm³/mol. The van der Waals surface area contributed by atoms with Crippen LogP contribution in [0.1, 0.15) is 48.9 Å². The van der Waals surface area contributed by atoms with E-state index in [1.165, 1.54) is 0 Å². The van der Waals surface area contributed by atoms with Crippen LogP contribution in [-0.4, -0.2) is 35.9 Å². The molecule has 0 bridgehead atoms. The van der Waals surface area contributed by atoms with Crippen LogP contribution in [0.4, 0.5) is 0 Å². The van der Waals surface area contributed by atoms with Crippen molar-refractivity contribution in [2.45, 2.75) is 60.0 Å². The van der Waals surface area contributed by atoms with Gasteiger partial charge in [-0.05, 0) is 62.4 Å². The van der Waals surface area contributed by atoms with Crippen molar-refractivity contribution in [3.8, 4) is 5.75 Å². The van der Waals surface area contributed by atoms with E-state index in [4.69, 9.17) is 4.74 Å². The zero-order valence-electron chi connectivity index (χ0n) is 18.8. The average Bonchev–Trinajstić information content (AvgIpc) is 2.73. The first-order valence-corrected chi connectivity index (χ1v) is 10.6. The molecule has 0 heterocycles. The summed E-state index contributed by atoms with van der Waals surface area (Å²) in [6, 6.07) is 13.2. The average molecular weight is 411 g/mol. The summed E-state index contributed by atoms with van der Waals surface area (Å²) in [6.45, 7) is 10.7. The molecule has 2 rings (SSSR count). The van der Waals surface area contributed by atoms with Gasteiger partial charge in [0.15, 0.2) is 6.61 Å². The zero-order valence-corrected chi connectivity index (χ0v) is 18.8. The quantitative estimate of drug-likeness (QED) is 0.593. The number of nitrogens with zero attached hydrogens (tertiary/aromatic N) is 1. The monoisotopic (exact) mass is 410 g/mol. The maximum absolute atomic E-state index is 13.1. The van der Waals surface area contributed by atoms with Crippen molar-refractivity contribution < 1.29 is 14.3 Å². The number of ether oxygens (including phenoxy) is 1. The van der Waals surface area contributed by atoms with Gasteiger partial charge < -0.3 is 15.0 Å². The molecule has 162 valence electrons. The highest BCUT2D eigenvalue weighted by Crippen LogP contribution is 2.20. The lowest BCUT2D eigenvalue weighted by Gasteiger charge is -2.29. The van der Waals surface area contributed by atoms with Crippen molar-refractivity contribution in [3.05, 3.63) is 64.7 Å². The highest BCUT2D eigenvalue weighted by atomic mass is 16.5. The molecule has 0 saturated heterocycles. The molecule has 30 heavy (non-hydrogen) atoms. The van der Waals surface area contributed by atoms with Crippen molar-refractivity contribution in [2.75, 3.05) is 13.2 Å². The molecule has 0 aromatic heterocycles. The SMILES string of the molecule is CCCCNC(=O)C(C)N(Cc1ccccc1C)C(=O)COc1cc(C)ccc1C. The van der Waals surface area contributed by atoms with E-state index >= 15 is 0 Å². The molecule has 0 spiro atoms. The summed E-state index contributed by atoms with van der Waals surface area (Å²) in [4.78, 5) is 27.4. The summed E-state index contributed by atoms with van der Waals surface area (Å²) in [7, 11) is 0. The van der Waals surface area contributed by atoms with Crippen molar-refractivity contribution >= 4 is 11.8 Å². The maximum Gasteiger partial charge on any atom is 0.261 e. The molecular weight excluding hydrogens is 376 g/mol. The summed E-state index contributed by atoms with van der Waals surface area (Å²) in [5.41, 5.74) is 4.16. The van der Waals surface area contributed by atoms with E-state index in [-0.39, 0.29) is 18.4 Å². The number of rotatable bonds is 10. The van der Waals surface area contributed by atoms with Gasteiger partial charge in [-0.15, -0.1) is 0 Å². The van der Waals surface area contributed by atoms with Crippen LogP contribution in [0.5, 0.6) is 5.75 Å². The number of amides is 2. The first kappa shape index (κ1) is 23.5. The summed E-state index contributed by atoms with van der Waals surface area (Å²) in [5, 5.41) is 2.94. The molecule has 2 aromatic rings. The fourth-order valence-electron chi connectivity index (χ4n) is 3.17. The molecular formula is C25H34N2O3. The molecule has 0 aliphatic carbocycles. The topological polar surface area (TPSA) is 58.6 Å². The lowest BCUT2D eigenvalue weighted by molar-refractivity contribution is -0.142. The third kappa shape index (κ3) is 6.61. The number of hydrogen-bond donors (Lipinski definition) is 1. The standard InChI is InChI=1S/C25H34N2O3/c1-6-7-14-26-25(29)21(5)27(16-22-11-9-8-10-19(22)3)24(28)17-30-23-15-18(2)12-13-20(23)4/h8-13,15,21H,6-7,14,16-17H2,1-5H3,(H,26,29). The third-order valence-electron chi connectivity index (χ3n) is 5.29. The van der Waals surface area contributed by atoms with Crippen LogP contribution in [0, 0.1) is 20.8 Å². The number of unbranched alkanes of at least 4 members (excludes halogenated alkanes) is 1. The second-order valence-electron chi connectivity index (χ2n) is 7.83. The van der Waals surface area contributed by atoms with Crippen LogP contribution in [0.2, 0.25) is 0 Å². The van der Waals surface area contributed by atoms with Gasteiger partial charge in [0.1, 0.15) is 11.8 Å². The Morgan fingerprint density at radius 2 is 1.80 bits per heavy atom. The molecule has 0 saturated carbocycles. The zero-order chi connectivity index (χ0) is 22.1. The van der Waals surface area contributed by atoms with E-state index in [0.717, 1.165) is 35.1 Å². The third-order valence-corrected chi connectivity index (χ3v) is 5.29. The minimum atomic E-state index is -0.587. The summed E-state index contributed by atoms with van der Waals surface area (Å²) < 4.78 is 5.83. The Hall–Kier alpha value is -2.82. The minimum Gasteiger partial charge on any atom is -0.483 e. The fourth-order valence-corrected chi connectivity index (χ4v) is 3.17. The van der Waals surface area contributed by atoms with Crippen LogP contribution in [-0.2, 0) is 16.1 Å². The lowest BCUT2D eigenvalue weighted by Crippen LogP contribution is -2.49. The molecule has 0 aliphatic rings. The van der Waals surface area contributed by atoms with Crippen molar-refractivity contribution in [1.29, 1.82) is 0 Å². The number of nitrogens with one attached hydrogen (secondary N) is 1. The first-order chi connectivity index (χ1) is 14.3. The molecule has 0 fully saturated rings. The van der Waals surface area contributed by atoms with Crippen LogP contribution < -0.4 is 10.1 Å². The lowest BCUT2D eigenvalue weighted by atomic mass is 10.1. The Morgan fingerprint density at radius 1 is 1.07 bits per heavy atom. The van der Waals surface area contributed by atoms with Gasteiger partial charge in [-0.1, -0.05) is 49.7 Å². The summed E-state index contributed by atoms with van der Waals surface area (Å²) in [5.74, 6) is 0.341. The Kier molecular flexibility index (Phi) is 8.90. The molecule has 0 aliphatic heterocycles. The molecule has 5 heteroatoms. The molecule has 2 amide bonds. The predicted octanol–water partition coefficient (Wildman–Crippen LogP) is 4.32. The number of hydrogen-bond acceptors (Lipinski definition) is 3. The van der Waals surface area contributed by atoms with E-state index in [0.29, 0.717) is 18.8 Å². The first-order valence-electron chi connectivity index (χ1n) is 10.6. The van der Waals surface area contributed by atoms with Gasteiger partial charge in [-0.25, -0.2) is 0 Å². The van der Waals surface area contributed by atoms with Gasteiger partial charge in [-0.2, -0.15) is 0 Å². The molecule has 2 aromatic carbocycles. The normalized spacial score (nSPS) is 11.6. The molecule has 1 N–H and O–H groups in total. The van der Waals surface area contributed by atoms with E-state index in [9.17, 15) is 9.59 Å². The van der Waals surface area contributed by atoms with E-state index in [1.807, 2.05) is 63.2 Å². The Balaban J connectivity index is 2.16. The van der Waals surface area contributed by atoms with Crippen LogP contribution in [0.25, 0.3) is 0 Å². The van der Waals surface area contributed by atoms with Gasteiger partial charge in [0, 0.05) is 13.1 Å². The van der Waals surface area contributed by atoms with Crippen LogP contribution >= 0.6 is 0 Å². The Morgan fingerprint density at radius 3 is 2.50 bits per heavy atom. The smallest absolute Gasteiger partial charge is 0.261 e. The second kappa shape index (κ2) is 11.4. The maximum atomic E-state index is 13.1. The number of carbonyl (C=O) groups excluding carboxylic acids is 2. The van der Waals surface area contributed by atoms with Gasteiger partial charge >= 0.3 is 0 Å². The minimum absolute atomic E-state index is 0.108. The number of aryl methyl sites for hydroxylation is 3. The molecule has 1 unspecified atom stereocenters. The van der Waals surface area contributed by atoms with Gasteiger partial charge in [0.2, 0.25) is 5.91 Å². The second-order valence-corrected chi connectivity index (χ2v) is 7.83. The van der Waals surface area contributed by atoms with Crippen LogP contribution in [0.15, 0.2) is 42.5 Å². The fraction of sp³-hybridized carbons (Fsp3) is 0.440. The van der Waals surface area contributed by atoms with E-state index in [2.05, 4.69) is 12.2 Å². The molecule has 5 nitrogen and oxygen atoms in total. The highest BCUT2D eigenvalue weighted by Gasteiger charge is 2.26. The van der Waals surface area contributed by atoms with E-state index < -0.39 is 6.04 Å². The Labute approximate surface area is 180 Å². The van der Waals surface area contributed by atoms with Crippen molar-refractivity contribution in [2.24, 2.45) is 0 Å². The Bertz CT molecular complexity index is 863. The molecule has 1 atom stereocenters. The van der Waals surface area contributed by atoms with E-state index in [1.54, 1.807) is 11.8 Å². The van der Waals surface area contributed by atoms with Gasteiger partial charge in [0.05, 0.1) is 0 Å².